The van der Waals surface area contributed by atoms with Gasteiger partial charge in [-0.15, -0.1) is 12.4 Å². The normalized spacial score (nSPS) is 39.2. The molecule has 1 fully saturated rings. The van der Waals surface area contributed by atoms with Gasteiger partial charge >= 0.3 is 0 Å². The second kappa shape index (κ2) is 3.55. The minimum Gasteiger partial charge on any atom is -0.330 e. The first-order valence-corrected chi connectivity index (χ1v) is 4.64. The van der Waals surface area contributed by atoms with Gasteiger partial charge in [0.05, 0.1) is 0 Å². The maximum Gasteiger partial charge on any atom is -0.00180 e. The fraction of sp³-hybridized carbons (Fsp3) is 1.00. The first kappa shape index (κ1) is 12.2. The molecule has 1 aliphatic carbocycles. The Kier molecular flexibility index (Phi) is 3.62. The lowest BCUT2D eigenvalue weighted by molar-refractivity contribution is 0.105. The molecule has 0 spiro atoms. The van der Waals surface area contributed by atoms with Crippen LogP contribution in [0.3, 0.4) is 0 Å². The number of hydrogen-bond acceptors (Lipinski definition) is 1. The minimum atomic E-state index is 0. The Balaban J connectivity index is 0.00000121. The molecule has 1 saturated carbocycles. The van der Waals surface area contributed by atoms with Crippen molar-refractivity contribution >= 4 is 12.4 Å². The van der Waals surface area contributed by atoms with E-state index in [1.54, 1.807) is 0 Å². The summed E-state index contributed by atoms with van der Waals surface area (Å²) in [5, 5.41) is 0. The van der Waals surface area contributed by atoms with E-state index < -0.39 is 0 Å². The van der Waals surface area contributed by atoms with Gasteiger partial charge in [0, 0.05) is 0 Å². The molecule has 1 nitrogen and oxygen atoms in total. The predicted molar refractivity (Wildman–Crippen MR) is 56.6 cm³/mol. The third-order valence-corrected chi connectivity index (χ3v) is 4.37. The van der Waals surface area contributed by atoms with Crippen LogP contribution in [0.25, 0.3) is 0 Å². The number of nitrogens with two attached hydrogens (primary N) is 1. The van der Waals surface area contributed by atoms with Gasteiger partial charge in [0.2, 0.25) is 0 Å². The van der Waals surface area contributed by atoms with Crippen LogP contribution in [0.4, 0.5) is 0 Å². The van der Waals surface area contributed by atoms with Crippen molar-refractivity contribution < 1.29 is 0 Å². The first-order chi connectivity index (χ1) is 4.94. The molecular formula is C10H22ClN. The molecule has 2 unspecified atom stereocenters. The van der Waals surface area contributed by atoms with Crippen LogP contribution in [0.15, 0.2) is 0 Å². The van der Waals surface area contributed by atoms with Crippen molar-refractivity contribution in [3.05, 3.63) is 0 Å². The summed E-state index contributed by atoms with van der Waals surface area (Å²) in [5.41, 5.74) is 6.62. The second-order valence-electron chi connectivity index (χ2n) is 4.93. The van der Waals surface area contributed by atoms with Gasteiger partial charge in [0.15, 0.2) is 0 Å². The lowest BCUT2D eigenvalue weighted by Gasteiger charge is -2.40. The molecule has 74 valence electrons. The van der Waals surface area contributed by atoms with Gasteiger partial charge in [-0.3, -0.25) is 0 Å². The van der Waals surface area contributed by atoms with Crippen molar-refractivity contribution in [3.63, 3.8) is 0 Å². The average Bonchev–Trinajstić information content (AvgIpc) is 2.15. The third-order valence-electron chi connectivity index (χ3n) is 4.37. The SMILES string of the molecule is CC1CCC(C)(CN)C1(C)C.Cl. The predicted octanol–water partition coefficient (Wildman–Crippen LogP) is 2.83. The zero-order chi connectivity index (χ0) is 8.70. The summed E-state index contributed by atoms with van der Waals surface area (Å²) < 4.78 is 0. The van der Waals surface area contributed by atoms with Crippen LogP contribution in [-0.4, -0.2) is 6.54 Å². The summed E-state index contributed by atoms with van der Waals surface area (Å²) in [6, 6.07) is 0. The smallest absolute Gasteiger partial charge is 0.00180 e. The zero-order valence-electron chi connectivity index (χ0n) is 8.68. The summed E-state index contributed by atoms with van der Waals surface area (Å²) in [6.07, 6.45) is 2.65. The van der Waals surface area contributed by atoms with Crippen molar-refractivity contribution in [1.29, 1.82) is 0 Å². The molecule has 0 amide bonds. The highest BCUT2D eigenvalue weighted by Crippen LogP contribution is 2.54. The maximum absolute atomic E-state index is 5.81. The molecular weight excluding hydrogens is 170 g/mol. The molecule has 0 saturated heterocycles. The Morgan fingerprint density at radius 2 is 1.83 bits per heavy atom. The van der Waals surface area contributed by atoms with Crippen molar-refractivity contribution in [1.82, 2.24) is 0 Å². The molecule has 0 aromatic rings. The van der Waals surface area contributed by atoms with E-state index in [9.17, 15) is 0 Å². The number of halogens is 1. The van der Waals surface area contributed by atoms with Gasteiger partial charge < -0.3 is 5.73 Å². The van der Waals surface area contributed by atoms with E-state index in [-0.39, 0.29) is 12.4 Å². The van der Waals surface area contributed by atoms with Crippen LogP contribution >= 0.6 is 12.4 Å². The molecule has 0 bridgehead atoms. The first-order valence-electron chi connectivity index (χ1n) is 4.64. The summed E-state index contributed by atoms with van der Waals surface area (Å²) in [5.74, 6) is 0.830. The van der Waals surface area contributed by atoms with Crippen molar-refractivity contribution in [2.75, 3.05) is 6.54 Å². The van der Waals surface area contributed by atoms with E-state index in [1.807, 2.05) is 0 Å². The average molecular weight is 192 g/mol. The van der Waals surface area contributed by atoms with E-state index in [0.717, 1.165) is 12.5 Å². The Labute approximate surface area is 82.5 Å². The minimum absolute atomic E-state index is 0. The Morgan fingerprint density at radius 1 is 1.33 bits per heavy atom. The molecule has 0 radical (unpaired) electrons. The lowest BCUT2D eigenvalue weighted by Crippen LogP contribution is -2.39. The molecule has 1 aliphatic rings. The zero-order valence-corrected chi connectivity index (χ0v) is 9.50. The molecule has 2 N–H and O–H groups in total. The van der Waals surface area contributed by atoms with Crippen molar-refractivity contribution in [2.24, 2.45) is 22.5 Å². The fourth-order valence-corrected chi connectivity index (χ4v) is 2.18. The highest BCUT2D eigenvalue weighted by molar-refractivity contribution is 5.85. The van der Waals surface area contributed by atoms with Crippen LogP contribution in [0.2, 0.25) is 0 Å². The Hall–Kier alpha value is 0.250. The van der Waals surface area contributed by atoms with Crippen molar-refractivity contribution in [3.8, 4) is 0 Å². The van der Waals surface area contributed by atoms with E-state index in [2.05, 4.69) is 27.7 Å². The fourth-order valence-electron chi connectivity index (χ4n) is 2.18. The van der Waals surface area contributed by atoms with Gasteiger partial charge in [0.1, 0.15) is 0 Å². The van der Waals surface area contributed by atoms with Crippen LogP contribution in [-0.2, 0) is 0 Å². The van der Waals surface area contributed by atoms with Crippen LogP contribution in [0.1, 0.15) is 40.5 Å². The van der Waals surface area contributed by atoms with Gasteiger partial charge in [-0.2, -0.15) is 0 Å². The van der Waals surface area contributed by atoms with Gasteiger partial charge in [-0.05, 0) is 36.1 Å². The molecule has 1 rings (SSSR count). The molecule has 2 atom stereocenters. The standard InChI is InChI=1S/C10H21N.ClH/c1-8-5-6-10(4,7-11)9(8,2)3;/h8H,5-7,11H2,1-4H3;1H. The number of rotatable bonds is 1. The van der Waals surface area contributed by atoms with Crippen molar-refractivity contribution in [2.45, 2.75) is 40.5 Å². The maximum atomic E-state index is 5.81. The highest BCUT2D eigenvalue weighted by Gasteiger charge is 2.48. The van der Waals surface area contributed by atoms with Crippen LogP contribution in [0, 0.1) is 16.7 Å². The highest BCUT2D eigenvalue weighted by atomic mass is 35.5. The molecule has 0 aromatic heterocycles. The largest absolute Gasteiger partial charge is 0.330 e. The monoisotopic (exact) mass is 191 g/mol. The summed E-state index contributed by atoms with van der Waals surface area (Å²) >= 11 is 0. The van der Waals surface area contributed by atoms with Gasteiger partial charge in [-0.1, -0.05) is 27.7 Å². The van der Waals surface area contributed by atoms with Gasteiger partial charge in [-0.25, -0.2) is 0 Å². The summed E-state index contributed by atoms with van der Waals surface area (Å²) in [6.45, 7) is 10.2. The van der Waals surface area contributed by atoms with E-state index >= 15 is 0 Å². The van der Waals surface area contributed by atoms with Crippen LogP contribution < -0.4 is 5.73 Å². The molecule has 12 heavy (non-hydrogen) atoms. The second-order valence-corrected chi connectivity index (χ2v) is 4.93. The number of hydrogen-bond donors (Lipinski definition) is 1. The van der Waals surface area contributed by atoms with E-state index in [0.29, 0.717) is 10.8 Å². The van der Waals surface area contributed by atoms with E-state index in [4.69, 9.17) is 5.73 Å². The van der Waals surface area contributed by atoms with Gasteiger partial charge in [0.25, 0.3) is 0 Å². The van der Waals surface area contributed by atoms with E-state index in [1.165, 1.54) is 12.8 Å². The summed E-state index contributed by atoms with van der Waals surface area (Å²) in [7, 11) is 0. The molecule has 0 heterocycles. The van der Waals surface area contributed by atoms with Crippen LogP contribution in [0.5, 0.6) is 0 Å². The Bertz CT molecular complexity index is 153. The molecule has 2 heteroatoms. The molecule has 0 aliphatic heterocycles. The quantitative estimate of drug-likeness (QED) is 0.678. The lowest BCUT2D eigenvalue weighted by atomic mass is 9.66. The Morgan fingerprint density at radius 3 is 2.00 bits per heavy atom. The molecule has 0 aromatic carbocycles. The summed E-state index contributed by atoms with van der Waals surface area (Å²) in [4.78, 5) is 0. The third kappa shape index (κ3) is 1.49. The topological polar surface area (TPSA) is 26.0 Å².